The summed E-state index contributed by atoms with van der Waals surface area (Å²) >= 11 is 0. The molecule has 2 atom stereocenters. The lowest BCUT2D eigenvalue weighted by Gasteiger charge is -2.31. The molecule has 2 aliphatic heterocycles. The van der Waals surface area contributed by atoms with E-state index in [0.717, 1.165) is 5.56 Å². The quantitative estimate of drug-likeness (QED) is 0.200. The van der Waals surface area contributed by atoms with Crippen LogP contribution in [0, 0.1) is 0 Å². The van der Waals surface area contributed by atoms with Crippen LogP contribution in [0.2, 0.25) is 0 Å². The molecule has 0 spiro atoms. The van der Waals surface area contributed by atoms with Gasteiger partial charge in [-0.1, -0.05) is 18.2 Å². The molecular weight excluding hydrogens is 592 g/mol. The average molecular weight is 633 g/mol. The summed E-state index contributed by atoms with van der Waals surface area (Å²) in [4.78, 5) is 32.4. The van der Waals surface area contributed by atoms with Gasteiger partial charge >= 0.3 is 5.97 Å². The van der Waals surface area contributed by atoms with Crippen molar-refractivity contribution >= 4 is 17.8 Å². The van der Waals surface area contributed by atoms with Crippen molar-refractivity contribution in [3.8, 4) is 23.0 Å². The molecule has 0 bridgehead atoms. The fourth-order valence-corrected chi connectivity index (χ4v) is 5.25. The minimum atomic E-state index is -1.54. The van der Waals surface area contributed by atoms with Crippen LogP contribution in [-0.4, -0.2) is 61.1 Å². The second-order valence-corrected chi connectivity index (χ2v) is 12.0. The first kappa shape index (κ1) is 32.6. The maximum atomic E-state index is 14.4. The lowest BCUT2D eigenvalue weighted by atomic mass is 9.83. The number of nitrogens with one attached hydrogen (secondary N) is 1. The molecule has 0 aromatic heterocycles. The van der Waals surface area contributed by atoms with Crippen molar-refractivity contribution in [2.45, 2.75) is 63.8 Å². The third-order valence-electron chi connectivity index (χ3n) is 7.45. The Bertz CT molecular complexity index is 1560. The third-order valence-corrected chi connectivity index (χ3v) is 7.45. The van der Waals surface area contributed by atoms with Crippen molar-refractivity contribution in [3.05, 3.63) is 83.4 Å². The highest BCUT2D eigenvalue weighted by Gasteiger charge is 2.53. The molecule has 5 rings (SSSR count). The summed E-state index contributed by atoms with van der Waals surface area (Å²) in [6, 6.07) is 19.9. The molecule has 0 fully saturated rings. The fraction of sp³-hybridized carbons (Fsp3) is 0.400. The van der Waals surface area contributed by atoms with Crippen LogP contribution in [0.4, 0.5) is 0 Å². The lowest BCUT2D eigenvalue weighted by Crippen LogP contribution is -2.48. The molecule has 0 aliphatic carbocycles. The van der Waals surface area contributed by atoms with Crippen molar-refractivity contribution < 1.29 is 43.1 Å². The minimum absolute atomic E-state index is 0.0165. The van der Waals surface area contributed by atoms with Crippen LogP contribution >= 0.6 is 0 Å². The SMILES string of the molecule is COc1cccc([C@H]2OC(c3ccc(OCCCO)cc3)=N[C@@]2(CCC(=O)OC(C)(C)C)C(=O)NCc2ccc3c(c2)OCO3)c1. The summed E-state index contributed by atoms with van der Waals surface area (Å²) in [5.41, 5.74) is -0.141. The number of fused-ring (bicyclic) bond motifs is 1. The van der Waals surface area contributed by atoms with E-state index in [1.165, 1.54) is 0 Å². The van der Waals surface area contributed by atoms with E-state index in [9.17, 15) is 9.59 Å². The standard InChI is InChI=1S/C35H40N2O9/c1-34(2,3)46-30(39)15-16-35(33(40)36-21-23-9-14-28-29(19-23)44-22-43-28)31(25-7-5-8-27(20-25)41-4)45-32(37-35)24-10-12-26(13-11-24)42-18-6-17-38/h5,7-14,19-20,31,38H,6,15-18,21-22H2,1-4H3,(H,36,40)/t31-,35-/m1/s1. The maximum Gasteiger partial charge on any atom is 0.306 e. The van der Waals surface area contributed by atoms with Gasteiger partial charge in [-0.05, 0) is 86.8 Å². The van der Waals surface area contributed by atoms with Crippen LogP contribution in [0.25, 0.3) is 0 Å². The van der Waals surface area contributed by atoms with Crippen molar-refractivity contribution in [2.24, 2.45) is 4.99 Å². The lowest BCUT2D eigenvalue weighted by molar-refractivity contribution is -0.155. The molecule has 3 aromatic carbocycles. The number of carbonyl (C=O) groups is 2. The first-order valence-electron chi connectivity index (χ1n) is 15.2. The number of hydrogen-bond donors (Lipinski definition) is 2. The average Bonchev–Trinajstić information content (AvgIpc) is 3.68. The number of carbonyl (C=O) groups excluding carboxylic acids is 2. The molecule has 0 radical (unpaired) electrons. The van der Waals surface area contributed by atoms with Gasteiger partial charge in [0.1, 0.15) is 17.1 Å². The Morgan fingerprint density at radius 1 is 1.02 bits per heavy atom. The normalized spacial score (nSPS) is 18.4. The Hall–Kier alpha value is -4.77. The van der Waals surface area contributed by atoms with Crippen LogP contribution in [0.3, 0.4) is 0 Å². The molecule has 244 valence electrons. The zero-order valence-electron chi connectivity index (χ0n) is 26.5. The molecule has 3 aromatic rings. The molecule has 11 heteroatoms. The first-order valence-corrected chi connectivity index (χ1v) is 15.2. The molecule has 11 nitrogen and oxygen atoms in total. The second-order valence-electron chi connectivity index (χ2n) is 12.0. The number of benzene rings is 3. The number of aliphatic imine (C=N–C) groups is 1. The van der Waals surface area contributed by atoms with Crippen molar-refractivity contribution in [3.63, 3.8) is 0 Å². The highest BCUT2D eigenvalue weighted by molar-refractivity contribution is 6.01. The largest absolute Gasteiger partial charge is 0.497 e. The molecule has 2 heterocycles. The van der Waals surface area contributed by atoms with Gasteiger partial charge in [-0.15, -0.1) is 0 Å². The zero-order valence-corrected chi connectivity index (χ0v) is 26.5. The van der Waals surface area contributed by atoms with Crippen LogP contribution < -0.4 is 24.3 Å². The summed E-state index contributed by atoms with van der Waals surface area (Å²) in [6.45, 7) is 6.13. The number of amides is 1. The topological polar surface area (TPSA) is 134 Å². The second kappa shape index (κ2) is 14.1. The third kappa shape index (κ3) is 7.71. The van der Waals surface area contributed by atoms with Crippen LogP contribution in [0.15, 0.2) is 71.7 Å². The van der Waals surface area contributed by atoms with E-state index in [1.54, 1.807) is 70.3 Å². The Labute approximate surface area is 268 Å². The van der Waals surface area contributed by atoms with E-state index in [-0.39, 0.29) is 38.7 Å². The summed E-state index contributed by atoms with van der Waals surface area (Å²) < 4.78 is 34.2. The summed E-state index contributed by atoms with van der Waals surface area (Å²) in [6.07, 6.45) is -0.436. The van der Waals surface area contributed by atoms with Gasteiger partial charge in [0, 0.05) is 31.6 Å². The van der Waals surface area contributed by atoms with E-state index in [0.29, 0.717) is 47.2 Å². The molecule has 0 saturated heterocycles. The zero-order chi connectivity index (χ0) is 32.7. The molecule has 2 aliphatic rings. The summed E-state index contributed by atoms with van der Waals surface area (Å²) in [5, 5.41) is 12.1. The van der Waals surface area contributed by atoms with Gasteiger partial charge in [0.05, 0.1) is 13.7 Å². The van der Waals surface area contributed by atoms with Gasteiger partial charge in [0.25, 0.3) is 5.91 Å². The van der Waals surface area contributed by atoms with Gasteiger partial charge in [-0.25, -0.2) is 4.99 Å². The Morgan fingerprint density at radius 2 is 1.80 bits per heavy atom. The Morgan fingerprint density at radius 3 is 2.54 bits per heavy atom. The number of hydrogen-bond acceptors (Lipinski definition) is 10. The highest BCUT2D eigenvalue weighted by atomic mass is 16.7. The van der Waals surface area contributed by atoms with Crippen molar-refractivity contribution in [1.82, 2.24) is 5.32 Å². The van der Waals surface area contributed by atoms with Gasteiger partial charge in [-0.2, -0.15) is 0 Å². The van der Waals surface area contributed by atoms with E-state index < -0.39 is 29.1 Å². The highest BCUT2D eigenvalue weighted by Crippen LogP contribution is 2.44. The molecule has 0 saturated carbocycles. The van der Waals surface area contributed by atoms with Gasteiger partial charge in [0.2, 0.25) is 12.7 Å². The summed E-state index contributed by atoms with van der Waals surface area (Å²) in [7, 11) is 1.56. The summed E-state index contributed by atoms with van der Waals surface area (Å²) in [5.74, 6) is 1.84. The Balaban J connectivity index is 1.50. The number of ether oxygens (including phenoxy) is 6. The van der Waals surface area contributed by atoms with E-state index in [4.69, 9.17) is 38.5 Å². The van der Waals surface area contributed by atoms with Crippen molar-refractivity contribution in [2.75, 3.05) is 27.1 Å². The number of methoxy groups -OCH3 is 1. The van der Waals surface area contributed by atoms with Gasteiger partial charge in [-0.3, -0.25) is 9.59 Å². The number of aliphatic hydroxyl groups excluding tert-OH is 1. The molecule has 2 N–H and O–H groups in total. The van der Waals surface area contributed by atoms with Crippen LogP contribution in [-0.2, 0) is 25.6 Å². The molecule has 1 amide bonds. The molecular formula is C35H40N2O9. The number of esters is 1. The van der Waals surface area contributed by atoms with Crippen molar-refractivity contribution in [1.29, 1.82) is 0 Å². The maximum absolute atomic E-state index is 14.4. The Kier molecular flexibility index (Phi) is 10.0. The van der Waals surface area contributed by atoms with Crippen LogP contribution in [0.1, 0.15) is 62.8 Å². The number of aliphatic hydroxyl groups is 1. The van der Waals surface area contributed by atoms with Crippen LogP contribution in [0.5, 0.6) is 23.0 Å². The fourth-order valence-electron chi connectivity index (χ4n) is 5.25. The molecule has 0 unspecified atom stereocenters. The van der Waals surface area contributed by atoms with E-state index in [2.05, 4.69) is 5.32 Å². The number of nitrogens with zero attached hydrogens (tertiary/aromatic N) is 1. The van der Waals surface area contributed by atoms with E-state index >= 15 is 0 Å². The smallest absolute Gasteiger partial charge is 0.306 e. The predicted molar refractivity (Wildman–Crippen MR) is 169 cm³/mol. The van der Waals surface area contributed by atoms with Gasteiger partial charge < -0.3 is 38.8 Å². The number of rotatable bonds is 13. The monoisotopic (exact) mass is 632 g/mol. The predicted octanol–water partition coefficient (Wildman–Crippen LogP) is 4.88. The van der Waals surface area contributed by atoms with Gasteiger partial charge in [0.15, 0.2) is 23.1 Å². The molecule has 46 heavy (non-hydrogen) atoms. The first-order chi connectivity index (χ1) is 22.1. The minimum Gasteiger partial charge on any atom is -0.497 e. The van der Waals surface area contributed by atoms with E-state index in [1.807, 2.05) is 24.3 Å².